The fourth-order valence-electron chi connectivity index (χ4n) is 1.86. The molecule has 8 nitrogen and oxygen atoms in total. The van der Waals surface area contributed by atoms with Gasteiger partial charge in [0.15, 0.2) is 10.8 Å². The van der Waals surface area contributed by atoms with Crippen LogP contribution in [-0.2, 0) is 14.8 Å². The van der Waals surface area contributed by atoms with Gasteiger partial charge in [-0.2, -0.15) is 0 Å². The smallest absolute Gasteiger partial charge is 0.260 e. The number of nitrogens with zero attached hydrogens (tertiary/aromatic N) is 2. The molecule has 0 atom stereocenters. The minimum Gasteiger partial charge on any atom is -0.377 e. The van der Waals surface area contributed by atoms with Crippen LogP contribution in [0.15, 0.2) is 29.4 Å². The summed E-state index contributed by atoms with van der Waals surface area (Å²) in [6.07, 6.45) is 1.66. The molecule has 4 N–H and O–H groups in total. The highest BCUT2D eigenvalue weighted by molar-refractivity contribution is 7.89. The quantitative estimate of drug-likeness (QED) is 0.386. The number of fused-ring (bicyclic) bond motifs is 1. The molecule has 0 unspecified atom stereocenters. The van der Waals surface area contributed by atoms with Crippen molar-refractivity contribution in [3.05, 3.63) is 24.4 Å². The number of ether oxygens (including phenoxy) is 1. The van der Waals surface area contributed by atoms with Gasteiger partial charge < -0.3 is 10.2 Å². The van der Waals surface area contributed by atoms with Crippen LogP contribution in [0.2, 0.25) is 0 Å². The van der Waals surface area contributed by atoms with Crippen molar-refractivity contribution in [1.29, 1.82) is 0 Å². The number of rotatable bonds is 7. The third kappa shape index (κ3) is 3.50. The second-order valence-corrected chi connectivity index (χ2v) is 6.34. The van der Waals surface area contributed by atoms with Crippen molar-refractivity contribution < 1.29 is 13.2 Å². The zero-order valence-corrected chi connectivity index (χ0v) is 12.7. The van der Waals surface area contributed by atoms with E-state index in [0.29, 0.717) is 12.3 Å². The molecule has 0 aromatic carbocycles. The Kier molecular flexibility index (Phi) is 4.78. The van der Waals surface area contributed by atoms with Gasteiger partial charge in [-0.25, -0.2) is 24.0 Å². The Balaban J connectivity index is 2.27. The number of nitrogen functional groups attached to an aromatic ring is 1. The van der Waals surface area contributed by atoms with E-state index in [2.05, 4.69) is 15.1 Å². The number of aromatic nitrogens is 2. The summed E-state index contributed by atoms with van der Waals surface area (Å²) < 4.78 is 34.1. The van der Waals surface area contributed by atoms with Crippen molar-refractivity contribution in [3.8, 4) is 0 Å². The van der Waals surface area contributed by atoms with Gasteiger partial charge in [0.1, 0.15) is 5.65 Å². The summed E-state index contributed by atoms with van der Waals surface area (Å²) in [6, 6.07) is 5.18. The van der Waals surface area contributed by atoms with E-state index < -0.39 is 10.0 Å². The van der Waals surface area contributed by atoms with E-state index in [-0.39, 0.29) is 23.5 Å². The predicted molar refractivity (Wildman–Crippen MR) is 79.3 cm³/mol. The molecule has 0 amide bonds. The standard InChI is InChI=1S/C12H19N5O3S/c1-9(2)20-8-6-14-21(18,19)12-11(16-13)15-10-5-3-4-7-17(10)12/h3-5,7,9,14,16H,6,8,13H2,1-2H3. The fraction of sp³-hybridized carbons (Fsp3) is 0.417. The lowest BCUT2D eigenvalue weighted by atomic mass is 10.5. The van der Waals surface area contributed by atoms with Crippen molar-refractivity contribution in [2.45, 2.75) is 25.0 Å². The number of sulfonamides is 1. The molecule has 2 aromatic heterocycles. The number of nitrogens with one attached hydrogen (secondary N) is 2. The van der Waals surface area contributed by atoms with E-state index in [4.69, 9.17) is 10.6 Å². The second kappa shape index (κ2) is 6.39. The van der Waals surface area contributed by atoms with Crippen LogP contribution >= 0.6 is 0 Å². The molecule has 0 fully saturated rings. The van der Waals surface area contributed by atoms with Gasteiger partial charge in [-0.05, 0) is 26.0 Å². The lowest BCUT2D eigenvalue weighted by Gasteiger charge is -2.10. The monoisotopic (exact) mass is 313 g/mol. The lowest BCUT2D eigenvalue weighted by molar-refractivity contribution is 0.0834. The summed E-state index contributed by atoms with van der Waals surface area (Å²) in [5, 5.41) is -0.0230. The van der Waals surface area contributed by atoms with E-state index in [0.717, 1.165) is 0 Å². The summed E-state index contributed by atoms with van der Waals surface area (Å²) in [6.45, 7) is 4.23. The van der Waals surface area contributed by atoms with Gasteiger partial charge in [-0.1, -0.05) is 6.07 Å². The van der Waals surface area contributed by atoms with Crippen molar-refractivity contribution in [2.24, 2.45) is 5.84 Å². The maximum absolute atomic E-state index is 12.4. The van der Waals surface area contributed by atoms with Gasteiger partial charge in [-0.3, -0.25) is 4.40 Å². The topological polar surface area (TPSA) is 111 Å². The van der Waals surface area contributed by atoms with E-state index in [1.807, 2.05) is 13.8 Å². The molecule has 0 radical (unpaired) electrons. The first kappa shape index (κ1) is 15.7. The fourth-order valence-corrected chi connectivity index (χ4v) is 3.12. The maximum Gasteiger partial charge on any atom is 0.260 e. The first-order valence-corrected chi connectivity index (χ1v) is 7.99. The third-order valence-corrected chi connectivity index (χ3v) is 4.21. The summed E-state index contributed by atoms with van der Waals surface area (Å²) in [7, 11) is -3.76. The van der Waals surface area contributed by atoms with Crippen LogP contribution in [0.1, 0.15) is 13.8 Å². The maximum atomic E-state index is 12.4. The Morgan fingerprint density at radius 1 is 1.43 bits per heavy atom. The predicted octanol–water partition coefficient (Wildman–Crippen LogP) is 0.323. The normalized spacial score (nSPS) is 12.2. The Morgan fingerprint density at radius 3 is 2.86 bits per heavy atom. The molecule has 0 aliphatic heterocycles. The van der Waals surface area contributed by atoms with Gasteiger partial charge in [0, 0.05) is 12.7 Å². The average molecular weight is 313 g/mol. The molecule has 9 heteroatoms. The molecule has 0 aliphatic carbocycles. The number of imidazole rings is 1. The van der Waals surface area contributed by atoms with Crippen molar-refractivity contribution in [2.75, 3.05) is 18.6 Å². The highest BCUT2D eigenvalue weighted by Crippen LogP contribution is 2.21. The Bertz CT molecular complexity index is 711. The van der Waals surface area contributed by atoms with Crippen LogP contribution in [0.25, 0.3) is 5.65 Å². The number of anilines is 1. The molecule has 21 heavy (non-hydrogen) atoms. The van der Waals surface area contributed by atoms with Crippen molar-refractivity contribution in [3.63, 3.8) is 0 Å². The molecule has 0 bridgehead atoms. The summed E-state index contributed by atoms with van der Waals surface area (Å²) in [5.74, 6) is 5.46. The summed E-state index contributed by atoms with van der Waals surface area (Å²) >= 11 is 0. The number of nitrogens with two attached hydrogens (primary N) is 1. The summed E-state index contributed by atoms with van der Waals surface area (Å²) in [5.41, 5.74) is 2.81. The van der Waals surface area contributed by atoms with Gasteiger partial charge in [0.2, 0.25) is 0 Å². The zero-order valence-electron chi connectivity index (χ0n) is 11.9. The SMILES string of the molecule is CC(C)OCCNS(=O)(=O)c1c(NN)nc2ccccn12. The molecule has 0 saturated carbocycles. The Morgan fingerprint density at radius 2 is 2.19 bits per heavy atom. The van der Waals surface area contributed by atoms with E-state index in [1.165, 1.54) is 4.40 Å². The highest BCUT2D eigenvalue weighted by atomic mass is 32.2. The zero-order chi connectivity index (χ0) is 15.5. The Hall–Kier alpha value is -1.68. The third-order valence-electron chi connectivity index (χ3n) is 2.72. The average Bonchev–Trinajstić information content (AvgIpc) is 2.82. The minimum atomic E-state index is -3.76. The van der Waals surface area contributed by atoms with Gasteiger partial charge in [0.25, 0.3) is 10.0 Å². The van der Waals surface area contributed by atoms with Crippen LogP contribution < -0.4 is 16.0 Å². The van der Waals surface area contributed by atoms with E-state index in [1.54, 1.807) is 24.4 Å². The molecule has 2 aromatic rings. The van der Waals surface area contributed by atoms with Crippen LogP contribution in [0, 0.1) is 0 Å². The number of hydrazine groups is 1. The van der Waals surface area contributed by atoms with E-state index in [9.17, 15) is 8.42 Å². The van der Waals surface area contributed by atoms with Crippen molar-refractivity contribution in [1.82, 2.24) is 14.1 Å². The lowest BCUT2D eigenvalue weighted by Crippen LogP contribution is -2.30. The van der Waals surface area contributed by atoms with Gasteiger partial charge >= 0.3 is 0 Å². The molecule has 0 saturated heterocycles. The molecular weight excluding hydrogens is 294 g/mol. The molecule has 2 heterocycles. The van der Waals surface area contributed by atoms with E-state index >= 15 is 0 Å². The molecule has 116 valence electrons. The number of hydrogen-bond donors (Lipinski definition) is 3. The molecule has 2 rings (SSSR count). The first-order chi connectivity index (χ1) is 9.95. The largest absolute Gasteiger partial charge is 0.377 e. The first-order valence-electron chi connectivity index (χ1n) is 6.50. The second-order valence-electron chi connectivity index (χ2n) is 4.66. The van der Waals surface area contributed by atoms with Crippen molar-refractivity contribution >= 4 is 21.5 Å². The number of pyridine rings is 1. The summed E-state index contributed by atoms with van der Waals surface area (Å²) in [4.78, 5) is 4.13. The van der Waals surface area contributed by atoms with Crippen LogP contribution in [0.4, 0.5) is 5.82 Å². The highest BCUT2D eigenvalue weighted by Gasteiger charge is 2.24. The van der Waals surface area contributed by atoms with Gasteiger partial charge in [-0.15, -0.1) is 0 Å². The molecular formula is C12H19N5O3S. The van der Waals surface area contributed by atoms with Crippen LogP contribution in [0.3, 0.4) is 0 Å². The van der Waals surface area contributed by atoms with Gasteiger partial charge in [0.05, 0.1) is 12.7 Å². The van der Waals surface area contributed by atoms with Crippen LogP contribution in [0.5, 0.6) is 0 Å². The molecule has 0 aliphatic rings. The minimum absolute atomic E-state index is 0.0230. The number of hydrogen-bond acceptors (Lipinski definition) is 6. The van der Waals surface area contributed by atoms with Crippen LogP contribution in [-0.4, -0.2) is 37.1 Å². The Labute approximate surface area is 123 Å². The molecule has 0 spiro atoms.